The van der Waals surface area contributed by atoms with Crippen LogP contribution in [0.5, 0.6) is 0 Å². The predicted molar refractivity (Wildman–Crippen MR) is 45.9 cm³/mol. The molecule has 0 aliphatic heterocycles. The van der Waals surface area contributed by atoms with Gasteiger partial charge in [0.1, 0.15) is 0 Å². The molecule has 10 heavy (non-hydrogen) atoms. The van der Waals surface area contributed by atoms with E-state index >= 15 is 0 Å². The number of allylic oxidation sites excluding steroid dienone is 1. The summed E-state index contributed by atoms with van der Waals surface area (Å²) in [5.41, 5.74) is 1.48. The van der Waals surface area contributed by atoms with E-state index < -0.39 is 0 Å². The van der Waals surface area contributed by atoms with Gasteiger partial charge in [0.15, 0.2) is 0 Å². The van der Waals surface area contributed by atoms with Crippen molar-refractivity contribution >= 4 is 0 Å². The fourth-order valence-corrected chi connectivity index (χ4v) is 1.81. The van der Waals surface area contributed by atoms with Gasteiger partial charge in [0.05, 0.1) is 0 Å². The van der Waals surface area contributed by atoms with Crippen molar-refractivity contribution < 1.29 is 0 Å². The first-order valence-corrected chi connectivity index (χ1v) is 4.38. The monoisotopic (exact) mass is 138 g/mol. The zero-order valence-corrected chi connectivity index (χ0v) is 7.19. The molecule has 58 valence electrons. The molecule has 0 amide bonds. The van der Waals surface area contributed by atoms with E-state index in [2.05, 4.69) is 20.4 Å². The molecular formula is C10H18. The van der Waals surface area contributed by atoms with Gasteiger partial charge in [-0.2, -0.15) is 0 Å². The van der Waals surface area contributed by atoms with E-state index in [0.717, 1.165) is 11.8 Å². The van der Waals surface area contributed by atoms with Gasteiger partial charge >= 0.3 is 0 Å². The molecule has 0 aromatic carbocycles. The quantitative estimate of drug-likeness (QED) is 0.355. The van der Waals surface area contributed by atoms with Crippen molar-refractivity contribution in [2.45, 2.75) is 39.5 Å². The fourth-order valence-electron chi connectivity index (χ4n) is 1.81. The highest BCUT2D eigenvalue weighted by molar-refractivity contribution is 5.00. The first-order valence-electron chi connectivity index (χ1n) is 4.38. The van der Waals surface area contributed by atoms with Crippen molar-refractivity contribution in [3.63, 3.8) is 0 Å². The van der Waals surface area contributed by atoms with Crippen LogP contribution in [-0.2, 0) is 0 Å². The van der Waals surface area contributed by atoms with Crippen LogP contribution in [0.25, 0.3) is 0 Å². The highest BCUT2D eigenvalue weighted by atomic mass is 14.2. The van der Waals surface area contributed by atoms with Crippen molar-refractivity contribution in [3.8, 4) is 0 Å². The number of rotatable bonds is 0. The Kier molecular flexibility index (Phi) is 2.53. The topological polar surface area (TPSA) is 0 Å². The summed E-state index contributed by atoms with van der Waals surface area (Å²) in [6.07, 6.45) is 5.40. The fraction of sp³-hybridized carbons (Fsp3) is 0.800. The van der Waals surface area contributed by atoms with E-state index in [4.69, 9.17) is 0 Å². The van der Waals surface area contributed by atoms with Crippen molar-refractivity contribution in [3.05, 3.63) is 12.2 Å². The molecule has 0 aromatic rings. The summed E-state index contributed by atoms with van der Waals surface area (Å²) in [5, 5.41) is 0. The van der Waals surface area contributed by atoms with E-state index in [9.17, 15) is 0 Å². The first kappa shape index (κ1) is 7.84. The van der Waals surface area contributed by atoms with Crippen molar-refractivity contribution in [2.75, 3.05) is 0 Å². The number of hydrogen-bond acceptors (Lipinski definition) is 0. The third-order valence-corrected chi connectivity index (χ3v) is 2.65. The van der Waals surface area contributed by atoms with Crippen molar-refractivity contribution in [1.82, 2.24) is 0 Å². The molecule has 1 saturated carbocycles. The van der Waals surface area contributed by atoms with Gasteiger partial charge in [-0.25, -0.2) is 0 Å². The molecule has 0 nitrogen and oxygen atoms in total. The third-order valence-electron chi connectivity index (χ3n) is 2.65. The Labute approximate surface area is 64.3 Å². The maximum atomic E-state index is 4.09. The van der Waals surface area contributed by atoms with Crippen molar-refractivity contribution in [1.29, 1.82) is 0 Å². The summed E-state index contributed by atoms with van der Waals surface area (Å²) in [5.74, 6) is 1.70. The van der Waals surface area contributed by atoms with Crippen LogP contribution in [0.3, 0.4) is 0 Å². The second-order valence-electron chi connectivity index (χ2n) is 3.79. The molecule has 1 rings (SSSR count). The van der Waals surface area contributed by atoms with E-state index in [1.165, 1.54) is 31.3 Å². The summed E-state index contributed by atoms with van der Waals surface area (Å²) >= 11 is 0. The Bertz CT molecular complexity index is 124. The van der Waals surface area contributed by atoms with Gasteiger partial charge in [-0.15, -0.1) is 0 Å². The van der Waals surface area contributed by atoms with Gasteiger partial charge in [-0.3, -0.25) is 0 Å². The molecule has 0 heteroatoms. The van der Waals surface area contributed by atoms with Crippen LogP contribution in [0, 0.1) is 11.8 Å². The highest BCUT2D eigenvalue weighted by Crippen LogP contribution is 2.29. The molecule has 0 heterocycles. The molecule has 0 spiro atoms. The molecule has 0 radical (unpaired) electrons. The molecule has 0 N–H and O–H groups in total. The summed E-state index contributed by atoms with van der Waals surface area (Å²) < 4.78 is 0. The second-order valence-corrected chi connectivity index (χ2v) is 3.79. The standard InChI is InChI=1S/C10H18/c1-8-5-4-6-9(2)10(3)7-8/h8,10H,2,4-7H2,1,3H3. The summed E-state index contributed by atoms with van der Waals surface area (Å²) in [7, 11) is 0. The van der Waals surface area contributed by atoms with Crippen LogP contribution in [0.2, 0.25) is 0 Å². The zero-order valence-electron chi connectivity index (χ0n) is 7.19. The molecule has 0 saturated heterocycles. The van der Waals surface area contributed by atoms with Gasteiger partial charge < -0.3 is 0 Å². The zero-order chi connectivity index (χ0) is 7.56. The lowest BCUT2D eigenvalue weighted by Gasteiger charge is -2.12. The normalized spacial score (nSPS) is 35.6. The Balaban J connectivity index is 2.49. The SMILES string of the molecule is C=C1CCCC(C)CC1C. The van der Waals surface area contributed by atoms with Crippen LogP contribution < -0.4 is 0 Å². The van der Waals surface area contributed by atoms with Crippen molar-refractivity contribution in [2.24, 2.45) is 11.8 Å². The van der Waals surface area contributed by atoms with E-state index in [-0.39, 0.29) is 0 Å². The summed E-state index contributed by atoms with van der Waals surface area (Å²) in [4.78, 5) is 0. The summed E-state index contributed by atoms with van der Waals surface area (Å²) in [6, 6.07) is 0. The van der Waals surface area contributed by atoms with Crippen LogP contribution in [0.1, 0.15) is 39.5 Å². The minimum atomic E-state index is 0.775. The lowest BCUT2D eigenvalue weighted by molar-refractivity contribution is 0.454. The van der Waals surface area contributed by atoms with E-state index in [1.54, 1.807) is 0 Å². The third kappa shape index (κ3) is 1.86. The minimum Gasteiger partial charge on any atom is -0.0996 e. The first-order chi connectivity index (χ1) is 4.70. The average molecular weight is 138 g/mol. The van der Waals surface area contributed by atoms with Gasteiger partial charge in [0, 0.05) is 0 Å². The Morgan fingerprint density at radius 3 is 2.80 bits per heavy atom. The molecular weight excluding hydrogens is 120 g/mol. The average Bonchev–Trinajstić information content (AvgIpc) is 1.96. The van der Waals surface area contributed by atoms with Crippen LogP contribution in [0.4, 0.5) is 0 Å². The number of hydrogen-bond donors (Lipinski definition) is 0. The molecule has 2 unspecified atom stereocenters. The summed E-state index contributed by atoms with van der Waals surface area (Å²) in [6.45, 7) is 8.76. The largest absolute Gasteiger partial charge is 0.0996 e. The molecule has 0 bridgehead atoms. The lowest BCUT2D eigenvalue weighted by atomic mass is 9.94. The molecule has 0 aromatic heterocycles. The second kappa shape index (κ2) is 3.23. The van der Waals surface area contributed by atoms with Crippen LogP contribution >= 0.6 is 0 Å². The predicted octanol–water partition coefficient (Wildman–Crippen LogP) is 3.39. The van der Waals surface area contributed by atoms with Crippen LogP contribution in [-0.4, -0.2) is 0 Å². The highest BCUT2D eigenvalue weighted by Gasteiger charge is 2.15. The van der Waals surface area contributed by atoms with Gasteiger partial charge in [0.25, 0.3) is 0 Å². The molecule has 1 fully saturated rings. The molecule has 1 aliphatic rings. The van der Waals surface area contributed by atoms with E-state index in [1.807, 2.05) is 0 Å². The Morgan fingerprint density at radius 1 is 1.40 bits per heavy atom. The van der Waals surface area contributed by atoms with Gasteiger partial charge in [-0.1, -0.05) is 32.4 Å². The Hall–Kier alpha value is -0.260. The lowest BCUT2D eigenvalue weighted by Crippen LogP contribution is -1.99. The smallest absolute Gasteiger partial charge is 0.0232 e. The maximum Gasteiger partial charge on any atom is -0.0232 e. The van der Waals surface area contributed by atoms with Gasteiger partial charge in [0.2, 0.25) is 0 Å². The maximum absolute atomic E-state index is 4.09. The molecule has 1 aliphatic carbocycles. The minimum absolute atomic E-state index is 0.775. The van der Waals surface area contributed by atoms with Gasteiger partial charge in [-0.05, 0) is 31.1 Å². The Morgan fingerprint density at radius 2 is 2.10 bits per heavy atom. The van der Waals surface area contributed by atoms with E-state index in [0.29, 0.717) is 0 Å². The van der Waals surface area contributed by atoms with Crippen LogP contribution in [0.15, 0.2) is 12.2 Å². The molecule has 2 atom stereocenters.